The molecular formula is C27H26N2O2. The highest BCUT2D eigenvalue weighted by molar-refractivity contribution is 6.01. The van der Waals surface area contributed by atoms with Gasteiger partial charge in [0.2, 0.25) is 0 Å². The maximum Gasteiger partial charge on any atom is 0.163 e. The quantitative estimate of drug-likeness (QED) is 0.557. The molecule has 2 atom stereocenters. The zero-order chi connectivity index (χ0) is 21.4. The minimum atomic E-state index is -0.170. The largest absolute Gasteiger partial charge is 0.497 e. The number of fused-ring (bicyclic) bond motifs is 1. The molecule has 0 saturated carbocycles. The van der Waals surface area contributed by atoms with E-state index in [0.717, 1.165) is 40.4 Å². The molecule has 0 saturated heterocycles. The van der Waals surface area contributed by atoms with E-state index in [2.05, 4.69) is 66.1 Å². The first kappa shape index (κ1) is 19.4. The Kier molecular flexibility index (Phi) is 4.99. The minimum Gasteiger partial charge on any atom is -0.497 e. The molecule has 0 fully saturated rings. The van der Waals surface area contributed by atoms with Crippen molar-refractivity contribution in [2.24, 2.45) is 0 Å². The first-order valence-corrected chi connectivity index (χ1v) is 10.7. The third-order valence-corrected chi connectivity index (χ3v) is 6.31. The first-order chi connectivity index (χ1) is 15.1. The van der Waals surface area contributed by atoms with Crippen LogP contribution in [0.1, 0.15) is 41.5 Å². The van der Waals surface area contributed by atoms with Crippen molar-refractivity contribution < 1.29 is 9.53 Å². The molecule has 3 aromatic carbocycles. The Bertz CT molecular complexity index is 1150. The lowest BCUT2D eigenvalue weighted by molar-refractivity contribution is -0.116. The molecule has 31 heavy (non-hydrogen) atoms. The van der Waals surface area contributed by atoms with Gasteiger partial charge in [0.1, 0.15) is 5.75 Å². The van der Waals surface area contributed by atoms with E-state index in [1.807, 2.05) is 24.3 Å². The molecule has 2 aliphatic rings. The number of rotatable bonds is 3. The predicted octanol–water partition coefficient (Wildman–Crippen LogP) is 5.98. The van der Waals surface area contributed by atoms with Gasteiger partial charge in [0.05, 0.1) is 24.5 Å². The third-order valence-electron chi connectivity index (χ3n) is 6.31. The summed E-state index contributed by atoms with van der Waals surface area (Å²) in [7, 11) is 1.67. The van der Waals surface area contributed by atoms with E-state index < -0.39 is 0 Å². The molecule has 5 rings (SSSR count). The summed E-state index contributed by atoms with van der Waals surface area (Å²) in [6, 6.07) is 24.5. The van der Waals surface area contributed by atoms with Gasteiger partial charge in [0.25, 0.3) is 0 Å². The smallest absolute Gasteiger partial charge is 0.163 e. The number of anilines is 2. The van der Waals surface area contributed by atoms with Gasteiger partial charge in [-0.05, 0) is 54.7 Å². The molecule has 0 bridgehead atoms. The monoisotopic (exact) mass is 410 g/mol. The Hall–Kier alpha value is -3.53. The number of methoxy groups -OCH3 is 1. The highest BCUT2D eigenvalue weighted by Crippen LogP contribution is 2.44. The standard InChI is InChI=1S/C27H26N2O2/c1-17-7-9-19(10-8-17)27-26-24(28-22-5-3-4-6-23(22)29-27)15-20(16-25(26)30)18-11-13-21(31-2)14-12-18/h3-14,20,27-29H,15-16H2,1-2H3/t20-,27+/m0/s1. The summed E-state index contributed by atoms with van der Waals surface area (Å²) in [5, 5.41) is 7.23. The van der Waals surface area contributed by atoms with Gasteiger partial charge in [0.15, 0.2) is 5.78 Å². The third kappa shape index (κ3) is 3.70. The Labute approximate surface area is 183 Å². The molecule has 4 nitrogen and oxygen atoms in total. The molecule has 0 spiro atoms. The molecule has 1 heterocycles. The van der Waals surface area contributed by atoms with E-state index in [-0.39, 0.29) is 17.7 Å². The Morgan fingerprint density at radius 3 is 2.23 bits per heavy atom. The Morgan fingerprint density at radius 1 is 0.839 bits per heavy atom. The van der Waals surface area contributed by atoms with Gasteiger partial charge in [-0.2, -0.15) is 0 Å². The lowest BCUT2D eigenvalue weighted by Crippen LogP contribution is -2.26. The Balaban J connectivity index is 1.57. The number of para-hydroxylation sites is 2. The van der Waals surface area contributed by atoms with E-state index >= 15 is 0 Å². The van der Waals surface area contributed by atoms with Gasteiger partial charge < -0.3 is 15.4 Å². The summed E-state index contributed by atoms with van der Waals surface area (Å²) in [6.45, 7) is 2.08. The number of aryl methyl sites for hydroxylation is 1. The molecule has 1 aliphatic carbocycles. The van der Waals surface area contributed by atoms with Crippen LogP contribution in [-0.2, 0) is 4.79 Å². The van der Waals surface area contributed by atoms with Crippen molar-refractivity contribution in [3.8, 4) is 5.75 Å². The van der Waals surface area contributed by atoms with Gasteiger partial charge in [-0.1, -0.05) is 54.1 Å². The van der Waals surface area contributed by atoms with Crippen molar-refractivity contribution in [3.05, 3.63) is 101 Å². The molecule has 1 aliphatic heterocycles. The molecule has 0 unspecified atom stereocenters. The van der Waals surface area contributed by atoms with Crippen molar-refractivity contribution in [2.75, 3.05) is 17.7 Å². The Morgan fingerprint density at radius 2 is 1.52 bits per heavy atom. The number of hydrogen-bond acceptors (Lipinski definition) is 4. The van der Waals surface area contributed by atoms with Gasteiger partial charge in [-0.3, -0.25) is 4.79 Å². The summed E-state index contributed by atoms with van der Waals surface area (Å²) in [5.74, 6) is 1.17. The molecule has 2 N–H and O–H groups in total. The fraction of sp³-hybridized carbons (Fsp3) is 0.222. The SMILES string of the molecule is COc1ccc([C@@H]2CC(=O)C3=C(C2)Nc2ccccc2N[C@@H]3c2ccc(C)cc2)cc1. The molecule has 3 aromatic rings. The molecule has 0 amide bonds. The summed E-state index contributed by atoms with van der Waals surface area (Å²) in [5.41, 5.74) is 7.36. The minimum absolute atomic E-state index is 0.147. The van der Waals surface area contributed by atoms with E-state index in [9.17, 15) is 4.79 Å². The van der Waals surface area contributed by atoms with E-state index in [4.69, 9.17) is 4.74 Å². The molecule has 4 heteroatoms. The number of benzene rings is 3. The second-order valence-corrected chi connectivity index (χ2v) is 8.35. The summed E-state index contributed by atoms with van der Waals surface area (Å²) in [6.07, 6.45) is 1.30. The number of ether oxygens (including phenoxy) is 1. The zero-order valence-corrected chi connectivity index (χ0v) is 17.8. The fourth-order valence-corrected chi connectivity index (χ4v) is 4.61. The van der Waals surface area contributed by atoms with Gasteiger partial charge >= 0.3 is 0 Å². The number of carbonyl (C=O) groups is 1. The lowest BCUT2D eigenvalue weighted by Gasteiger charge is -2.30. The van der Waals surface area contributed by atoms with Crippen molar-refractivity contribution in [3.63, 3.8) is 0 Å². The molecule has 0 aromatic heterocycles. The van der Waals surface area contributed by atoms with E-state index in [1.54, 1.807) is 7.11 Å². The summed E-state index contributed by atoms with van der Waals surface area (Å²) in [4.78, 5) is 13.5. The van der Waals surface area contributed by atoms with Crippen LogP contribution in [0.5, 0.6) is 5.75 Å². The van der Waals surface area contributed by atoms with E-state index in [1.165, 1.54) is 11.1 Å². The number of ketones is 1. The van der Waals surface area contributed by atoms with Crippen LogP contribution < -0.4 is 15.4 Å². The van der Waals surface area contributed by atoms with Crippen LogP contribution in [0.4, 0.5) is 11.4 Å². The number of nitrogens with one attached hydrogen (secondary N) is 2. The van der Waals surface area contributed by atoms with Gasteiger partial charge in [-0.15, -0.1) is 0 Å². The van der Waals surface area contributed by atoms with Crippen LogP contribution in [0.25, 0.3) is 0 Å². The summed E-state index contributed by atoms with van der Waals surface area (Å²) < 4.78 is 5.29. The van der Waals surface area contributed by atoms with Crippen molar-refractivity contribution in [1.29, 1.82) is 0 Å². The van der Waals surface area contributed by atoms with Crippen LogP contribution in [0.3, 0.4) is 0 Å². The number of allylic oxidation sites excluding steroid dienone is 1. The molecular weight excluding hydrogens is 384 g/mol. The lowest BCUT2D eigenvalue weighted by atomic mass is 9.78. The van der Waals surface area contributed by atoms with Gasteiger partial charge in [0, 0.05) is 17.7 Å². The highest BCUT2D eigenvalue weighted by atomic mass is 16.5. The van der Waals surface area contributed by atoms with Gasteiger partial charge in [-0.25, -0.2) is 0 Å². The van der Waals surface area contributed by atoms with Crippen molar-refractivity contribution >= 4 is 17.2 Å². The van der Waals surface area contributed by atoms with Crippen LogP contribution in [-0.4, -0.2) is 12.9 Å². The fourth-order valence-electron chi connectivity index (χ4n) is 4.61. The predicted molar refractivity (Wildman–Crippen MR) is 125 cm³/mol. The average Bonchev–Trinajstić information content (AvgIpc) is 2.96. The normalized spacial score (nSPS) is 20.1. The van der Waals surface area contributed by atoms with Crippen molar-refractivity contribution in [2.45, 2.75) is 31.7 Å². The first-order valence-electron chi connectivity index (χ1n) is 10.7. The van der Waals surface area contributed by atoms with Crippen molar-refractivity contribution in [1.82, 2.24) is 0 Å². The van der Waals surface area contributed by atoms with Crippen LogP contribution in [0, 0.1) is 6.92 Å². The van der Waals surface area contributed by atoms with Crippen LogP contribution in [0.2, 0.25) is 0 Å². The molecule has 0 radical (unpaired) electrons. The van der Waals surface area contributed by atoms with Crippen LogP contribution in [0.15, 0.2) is 84.1 Å². The average molecular weight is 411 g/mol. The van der Waals surface area contributed by atoms with E-state index in [0.29, 0.717) is 6.42 Å². The highest BCUT2D eigenvalue weighted by Gasteiger charge is 2.35. The second-order valence-electron chi connectivity index (χ2n) is 8.35. The topological polar surface area (TPSA) is 50.4 Å². The molecule has 156 valence electrons. The maximum atomic E-state index is 13.5. The number of hydrogen-bond donors (Lipinski definition) is 2. The number of carbonyl (C=O) groups excluding carboxylic acids is 1. The number of Topliss-reactive ketones (excluding diaryl/α,β-unsaturated/α-hetero) is 1. The zero-order valence-electron chi connectivity index (χ0n) is 17.8. The maximum absolute atomic E-state index is 13.5. The second kappa shape index (κ2) is 7.95. The summed E-state index contributed by atoms with van der Waals surface area (Å²) >= 11 is 0. The van der Waals surface area contributed by atoms with Crippen LogP contribution >= 0.6 is 0 Å².